The lowest BCUT2D eigenvalue weighted by Gasteiger charge is -2.19. The molecule has 0 saturated carbocycles. The number of amides is 1. The van der Waals surface area contributed by atoms with Crippen molar-refractivity contribution >= 4 is 6.09 Å². The molecule has 0 unspecified atom stereocenters. The van der Waals surface area contributed by atoms with E-state index >= 15 is 0 Å². The second-order valence-electron chi connectivity index (χ2n) is 4.89. The molecule has 1 aromatic heterocycles. The average Bonchev–Trinajstić information content (AvgIpc) is 2.23. The summed E-state index contributed by atoms with van der Waals surface area (Å²) in [5, 5.41) is 2.34. The van der Waals surface area contributed by atoms with Gasteiger partial charge in [0.25, 0.3) is 0 Å². The molecular formula is C12H15F3N2O2. The molecule has 19 heavy (non-hydrogen) atoms. The lowest BCUT2D eigenvalue weighted by atomic mass is 10.2. The first kappa shape index (κ1) is 15.3. The van der Waals surface area contributed by atoms with Crippen molar-refractivity contribution in [2.45, 2.75) is 39.1 Å². The van der Waals surface area contributed by atoms with Crippen LogP contribution in [0.2, 0.25) is 0 Å². The molecule has 1 amide bonds. The Hall–Kier alpha value is -1.79. The molecule has 4 nitrogen and oxygen atoms in total. The number of alkyl carbamates (subject to hydrolysis) is 1. The molecule has 0 aliphatic carbocycles. The molecule has 0 atom stereocenters. The molecule has 0 aliphatic heterocycles. The van der Waals surface area contributed by atoms with Crippen LogP contribution in [0.5, 0.6) is 0 Å². The minimum atomic E-state index is -4.43. The molecule has 0 spiro atoms. The number of nitrogens with one attached hydrogen (secondary N) is 1. The van der Waals surface area contributed by atoms with E-state index in [1.807, 2.05) is 0 Å². The number of nitrogens with zero attached hydrogens (tertiary/aromatic N) is 1. The van der Waals surface area contributed by atoms with Crippen molar-refractivity contribution < 1.29 is 22.7 Å². The van der Waals surface area contributed by atoms with E-state index in [1.54, 1.807) is 20.8 Å². The number of carbonyl (C=O) groups is 1. The lowest BCUT2D eigenvalue weighted by Crippen LogP contribution is -2.32. The second kappa shape index (κ2) is 5.46. The molecule has 0 saturated heterocycles. The van der Waals surface area contributed by atoms with Gasteiger partial charge in [-0.15, -0.1) is 0 Å². The van der Waals surface area contributed by atoms with E-state index in [2.05, 4.69) is 10.3 Å². The maximum atomic E-state index is 12.4. The Kier molecular flexibility index (Phi) is 4.39. The van der Waals surface area contributed by atoms with Crippen LogP contribution in [0.4, 0.5) is 18.0 Å². The van der Waals surface area contributed by atoms with Crippen molar-refractivity contribution in [2.75, 3.05) is 0 Å². The highest BCUT2D eigenvalue weighted by atomic mass is 19.4. The van der Waals surface area contributed by atoms with Crippen LogP contribution in [0.15, 0.2) is 18.3 Å². The van der Waals surface area contributed by atoms with E-state index in [0.717, 1.165) is 18.3 Å². The van der Waals surface area contributed by atoms with Gasteiger partial charge in [0, 0.05) is 6.20 Å². The Morgan fingerprint density at radius 1 is 1.37 bits per heavy atom. The van der Waals surface area contributed by atoms with Crippen LogP contribution in [-0.2, 0) is 17.5 Å². The number of halogens is 3. The normalized spacial score (nSPS) is 12.1. The highest BCUT2D eigenvalue weighted by Gasteiger charge is 2.30. The fourth-order valence-corrected chi connectivity index (χ4v) is 1.23. The third-order valence-electron chi connectivity index (χ3n) is 1.96. The van der Waals surface area contributed by atoms with E-state index in [4.69, 9.17) is 4.74 Å². The van der Waals surface area contributed by atoms with Crippen LogP contribution >= 0.6 is 0 Å². The van der Waals surface area contributed by atoms with E-state index < -0.39 is 23.4 Å². The number of carbonyl (C=O) groups excluding carboxylic acids is 1. The van der Waals surface area contributed by atoms with Crippen LogP contribution in [0, 0.1) is 0 Å². The third-order valence-corrected chi connectivity index (χ3v) is 1.96. The summed E-state index contributed by atoms with van der Waals surface area (Å²) in [7, 11) is 0. The summed E-state index contributed by atoms with van der Waals surface area (Å²) in [6.07, 6.45) is -4.08. The predicted octanol–water partition coefficient (Wildman–Crippen LogP) is 3.13. The SMILES string of the molecule is CC(C)(C)OC(=O)NCc1cc(C(F)(F)F)ccn1. The van der Waals surface area contributed by atoms with Crippen molar-refractivity contribution in [1.29, 1.82) is 0 Å². The Balaban J connectivity index is 2.62. The highest BCUT2D eigenvalue weighted by Crippen LogP contribution is 2.28. The first-order chi connectivity index (χ1) is 8.58. The van der Waals surface area contributed by atoms with Gasteiger partial charge in [0.15, 0.2) is 0 Å². The van der Waals surface area contributed by atoms with Gasteiger partial charge in [-0.25, -0.2) is 4.79 Å². The second-order valence-corrected chi connectivity index (χ2v) is 4.89. The molecule has 7 heteroatoms. The van der Waals surface area contributed by atoms with Gasteiger partial charge in [-0.2, -0.15) is 13.2 Å². The van der Waals surface area contributed by atoms with Gasteiger partial charge in [-0.3, -0.25) is 4.98 Å². The van der Waals surface area contributed by atoms with Gasteiger partial charge in [0.1, 0.15) is 5.60 Å². The predicted molar refractivity (Wildman–Crippen MR) is 62.3 cm³/mol. The van der Waals surface area contributed by atoms with Crippen molar-refractivity contribution in [3.63, 3.8) is 0 Å². The average molecular weight is 276 g/mol. The Morgan fingerprint density at radius 3 is 2.53 bits per heavy atom. The summed E-state index contributed by atoms with van der Waals surface area (Å²) >= 11 is 0. The van der Waals surface area contributed by atoms with E-state index in [9.17, 15) is 18.0 Å². The summed E-state index contributed by atoms with van der Waals surface area (Å²) in [5.41, 5.74) is -1.35. The van der Waals surface area contributed by atoms with E-state index in [0.29, 0.717) is 0 Å². The molecule has 1 N–H and O–H groups in total. The Labute approximate surface area is 109 Å². The largest absolute Gasteiger partial charge is 0.444 e. The molecule has 1 aromatic rings. The van der Waals surface area contributed by atoms with Crippen LogP contribution in [-0.4, -0.2) is 16.7 Å². The molecule has 1 rings (SSSR count). The minimum absolute atomic E-state index is 0.112. The number of rotatable bonds is 2. The summed E-state index contributed by atoms with van der Waals surface area (Å²) in [4.78, 5) is 15.1. The van der Waals surface area contributed by atoms with Crippen molar-refractivity contribution in [3.05, 3.63) is 29.6 Å². The van der Waals surface area contributed by atoms with Crippen LogP contribution in [0.3, 0.4) is 0 Å². The fraction of sp³-hybridized carbons (Fsp3) is 0.500. The zero-order chi connectivity index (χ0) is 14.7. The molecule has 0 aromatic carbocycles. The molecule has 106 valence electrons. The van der Waals surface area contributed by atoms with Crippen LogP contribution in [0.25, 0.3) is 0 Å². The first-order valence-corrected chi connectivity index (χ1v) is 5.57. The molecular weight excluding hydrogens is 261 g/mol. The Morgan fingerprint density at radius 2 is 2.00 bits per heavy atom. The van der Waals surface area contributed by atoms with E-state index in [1.165, 1.54) is 0 Å². The van der Waals surface area contributed by atoms with Gasteiger partial charge in [0.2, 0.25) is 0 Å². The van der Waals surface area contributed by atoms with Crippen molar-refractivity contribution in [3.8, 4) is 0 Å². The van der Waals surface area contributed by atoms with Crippen molar-refractivity contribution in [2.24, 2.45) is 0 Å². The molecule has 0 fully saturated rings. The Bertz CT molecular complexity index is 453. The standard InChI is InChI=1S/C12H15F3N2O2/c1-11(2,3)19-10(18)17-7-9-6-8(4-5-16-9)12(13,14)15/h4-6H,7H2,1-3H3,(H,17,18). The topological polar surface area (TPSA) is 51.2 Å². The van der Waals surface area contributed by atoms with Gasteiger partial charge in [-0.1, -0.05) is 0 Å². The zero-order valence-electron chi connectivity index (χ0n) is 10.8. The number of pyridine rings is 1. The van der Waals surface area contributed by atoms with Gasteiger partial charge in [-0.05, 0) is 32.9 Å². The highest BCUT2D eigenvalue weighted by molar-refractivity contribution is 5.67. The smallest absolute Gasteiger partial charge is 0.416 e. The summed E-state index contributed by atoms with van der Waals surface area (Å²) in [6, 6.07) is 1.76. The number of ether oxygens (including phenoxy) is 1. The zero-order valence-corrected chi connectivity index (χ0v) is 10.8. The number of hydrogen-bond acceptors (Lipinski definition) is 3. The number of alkyl halides is 3. The van der Waals surface area contributed by atoms with Gasteiger partial charge < -0.3 is 10.1 Å². The third kappa shape index (κ3) is 5.58. The maximum Gasteiger partial charge on any atom is 0.416 e. The minimum Gasteiger partial charge on any atom is -0.444 e. The summed E-state index contributed by atoms with van der Waals surface area (Å²) < 4.78 is 42.3. The van der Waals surface area contributed by atoms with Crippen molar-refractivity contribution in [1.82, 2.24) is 10.3 Å². The summed E-state index contributed by atoms with van der Waals surface area (Å²) in [6.45, 7) is 4.94. The van der Waals surface area contributed by atoms with Crippen LogP contribution < -0.4 is 5.32 Å². The van der Waals surface area contributed by atoms with Gasteiger partial charge in [0.05, 0.1) is 17.8 Å². The molecule has 1 heterocycles. The lowest BCUT2D eigenvalue weighted by molar-refractivity contribution is -0.137. The maximum absolute atomic E-state index is 12.4. The number of aromatic nitrogens is 1. The molecule has 0 radical (unpaired) electrons. The fourth-order valence-electron chi connectivity index (χ4n) is 1.23. The van der Waals surface area contributed by atoms with E-state index in [-0.39, 0.29) is 12.2 Å². The summed E-state index contributed by atoms with van der Waals surface area (Å²) in [5.74, 6) is 0. The van der Waals surface area contributed by atoms with Gasteiger partial charge >= 0.3 is 12.3 Å². The molecule has 0 bridgehead atoms. The molecule has 0 aliphatic rings. The van der Waals surface area contributed by atoms with Crippen LogP contribution in [0.1, 0.15) is 32.0 Å². The quantitative estimate of drug-likeness (QED) is 0.902. The monoisotopic (exact) mass is 276 g/mol. The number of hydrogen-bond donors (Lipinski definition) is 1. The first-order valence-electron chi connectivity index (χ1n) is 5.57.